The monoisotopic (exact) mass is 397 g/mol. The van der Waals surface area contributed by atoms with Crippen molar-refractivity contribution in [1.82, 2.24) is 10.8 Å². The summed E-state index contributed by atoms with van der Waals surface area (Å²) in [5.74, 6) is 0.358. The Morgan fingerprint density at radius 1 is 1.08 bits per heavy atom. The Hall–Kier alpha value is -1.71. The molecule has 0 saturated heterocycles. The molecule has 0 aromatic heterocycles. The maximum absolute atomic E-state index is 12.2. The summed E-state index contributed by atoms with van der Waals surface area (Å²) in [4.78, 5) is 35.2. The lowest BCUT2D eigenvalue weighted by Crippen LogP contribution is -2.24. The summed E-state index contributed by atoms with van der Waals surface area (Å²) in [6, 6.07) is 6.70. The van der Waals surface area contributed by atoms with Crippen LogP contribution in [0.15, 0.2) is 28.6 Å². The Bertz CT molecular complexity index is 677. The maximum atomic E-state index is 12.2. The molecule has 9 heteroatoms. The smallest absolute Gasteiger partial charge is 0.251 e. The first-order chi connectivity index (χ1) is 12.6. The van der Waals surface area contributed by atoms with E-state index in [2.05, 4.69) is 9.68 Å². The third kappa shape index (κ3) is 6.54. The number of carbonyl (C=O) groups is 3. The highest BCUT2D eigenvalue weighted by Crippen LogP contribution is 2.22. The third-order valence-electron chi connectivity index (χ3n) is 3.78. The largest absolute Gasteiger partial charge is 0.352 e. The van der Waals surface area contributed by atoms with Crippen LogP contribution >= 0.6 is 10.8 Å². The summed E-state index contributed by atoms with van der Waals surface area (Å²) in [5, 5.41) is 11.2. The molecule has 26 heavy (non-hydrogen) atoms. The predicted molar refractivity (Wildman–Crippen MR) is 103 cm³/mol. The molecule has 1 aliphatic heterocycles. The molecule has 1 aromatic rings. The molecule has 0 radical (unpaired) electrons. The molecule has 0 spiro atoms. The van der Waals surface area contributed by atoms with E-state index in [1.54, 1.807) is 40.5 Å². The molecule has 1 unspecified atom stereocenters. The molecule has 0 saturated carbocycles. The Morgan fingerprint density at radius 3 is 2.42 bits per heavy atom. The van der Waals surface area contributed by atoms with Crippen LogP contribution in [-0.4, -0.2) is 41.0 Å². The minimum atomic E-state index is -0.590. The Labute approximate surface area is 158 Å². The average Bonchev–Trinajstić information content (AvgIpc) is 3.21. The van der Waals surface area contributed by atoms with E-state index in [4.69, 9.17) is 5.21 Å². The topological polar surface area (TPSA) is 108 Å². The number of hydroxylamine groups is 1. The highest BCUT2D eigenvalue weighted by atomic mass is 33.1. The Kier molecular flexibility index (Phi) is 8.79. The normalized spacial score (nSPS) is 16.0. The van der Waals surface area contributed by atoms with Crippen LogP contribution in [0.25, 0.3) is 0 Å². The fourth-order valence-electron chi connectivity index (χ4n) is 2.37. The molecular formula is C17H23N3O4S2. The first kappa shape index (κ1) is 20.6. The number of benzene rings is 1. The quantitative estimate of drug-likeness (QED) is 0.257. The minimum absolute atomic E-state index is 0.0225. The van der Waals surface area contributed by atoms with Gasteiger partial charge in [0.25, 0.3) is 5.91 Å². The number of carbonyl (C=O) groups excluding carboxylic acids is 3. The summed E-state index contributed by atoms with van der Waals surface area (Å²) in [6.07, 6.45) is 3.61. The second kappa shape index (κ2) is 11.1. The van der Waals surface area contributed by atoms with Crippen LogP contribution in [0.1, 0.15) is 52.8 Å². The van der Waals surface area contributed by atoms with Crippen molar-refractivity contribution in [2.45, 2.75) is 32.1 Å². The summed E-state index contributed by atoms with van der Waals surface area (Å²) >= 11 is 0. The zero-order valence-corrected chi connectivity index (χ0v) is 16.0. The fraction of sp³-hybridized carbons (Fsp3) is 0.471. The number of hydrogen-bond donors (Lipinski definition) is 3. The van der Waals surface area contributed by atoms with Gasteiger partial charge in [0, 0.05) is 39.6 Å². The number of unbranched alkanes of at least 4 members (excludes halogenated alkanes) is 3. The van der Waals surface area contributed by atoms with E-state index in [0.29, 0.717) is 30.5 Å². The lowest BCUT2D eigenvalue weighted by atomic mass is 10.1. The molecule has 1 aromatic carbocycles. The molecule has 142 valence electrons. The Balaban J connectivity index is 1.68. The highest BCUT2D eigenvalue weighted by Gasteiger charge is 2.17. The molecule has 1 atom stereocenters. The minimum Gasteiger partial charge on any atom is -0.352 e. The first-order valence-corrected chi connectivity index (χ1v) is 11.2. The Morgan fingerprint density at radius 2 is 1.77 bits per heavy atom. The zero-order chi connectivity index (χ0) is 18.8. The van der Waals surface area contributed by atoms with Crippen LogP contribution in [0.2, 0.25) is 0 Å². The molecule has 0 aliphatic carbocycles. The van der Waals surface area contributed by atoms with E-state index in [1.807, 2.05) is 0 Å². The number of nitrogens with zero attached hydrogens (tertiary/aromatic N) is 1. The maximum Gasteiger partial charge on any atom is 0.251 e. The van der Waals surface area contributed by atoms with Gasteiger partial charge in [-0.15, -0.1) is 0 Å². The highest BCUT2D eigenvalue weighted by molar-refractivity contribution is 8.75. The van der Waals surface area contributed by atoms with Crippen molar-refractivity contribution in [2.24, 2.45) is 4.36 Å². The second-order valence-electron chi connectivity index (χ2n) is 5.74. The van der Waals surface area contributed by atoms with Gasteiger partial charge in [0.05, 0.1) is 6.54 Å². The SMILES string of the molecule is O=C(CCCCCCNC(=O)c1ccc(C(=O)S2=NCCS2)cc1)NO. The lowest BCUT2D eigenvalue weighted by molar-refractivity contribution is -0.129. The van der Waals surface area contributed by atoms with Gasteiger partial charge < -0.3 is 5.32 Å². The average molecular weight is 398 g/mol. The lowest BCUT2D eigenvalue weighted by Gasteiger charge is -2.06. The second-order valence-corrected chi connectivity index (χ2v) is 9.17. The zero-order valence-electron chi connectivity index (χ0n) is 14.4. The van der Waals surface area contributed by atoms with Crippen molar-refractivity contribution in [3.05, 3.63) is 35.4 Å². The molecular weight excluding hydrogens is 374 g/mol. The van der Waals surface area contributed by atoms with Crippen molar-refractivity contribution < 1.29 is 19.6 Å². The van der Waals surface area contributed by atoms with Gasteiger partial charge >= 0.3 is 0 Å². The van der Waals surface area contributed by atoms with Crippen molar-refractivity contribution in [3.8, 4) is 0 Å². The van der Waals surface area contributed by atoms with Crippen LogP contribution in [0, 0.1) is 0 Å². The molecule has 0 fully saturated rings. The summed E-state index contributed by atoms with van der Waals surface area (Å²) in [6.45, 7) is 1.29. The molecule has 0 bridgehead atoms. The van der Waals surface area contributed by atoms with Crippen LogP contribution in [0.4, 0.5) is 0 Å². The van der Waals surface area contributed by atoms with Crippen LogP contribution in [0.3, 0.4) is 0 Å². The van der Waals surface area contributed by atoms with Gasteiger partial charge in [0.15, 0.2) is 0 Å². The van der Waals surface area contributed by atoms with E-state index in [9.17, 15) is 14.4 Å². The van der Waals surface area contributed by atoms with Crippen molar-refractivity contribution in [2.75, 3.05) is 18.8 Å². The number of nitrogens with one attached hydrogen (secondary N) is 2. The number of hydrogen-bond acceptors (Lipinski definition) is 6. The van der Waals surface area contributed by atoms with Crippen molar-refractivity contribution >= 4 is 37.4 Å². The molecule has 7 nitrogen and oxygen atoms in total. The first-order valence-electron chi connectivity index (χ1n) is 8.52. The molecule has 1 heterocycles. The summed E-state index contributed by atoms with van der Waals surface area (Å²) < 4.78 is 4.28. The standard InChI is InChI=1S/C17H23N3O4S2/c21-15(20-24)5-3-1-2-4-10-18-16(22)13-6-8-14(9-7-13)17(23)26-19-11-12-25-26/h6-9,24H,1-5,10-12H2,(H,18,22)(H,20,21). The number of rotatable bonds is 9. The van der Waals surface area contributed by atoms with Crippen molar-refractivity contribution in [3.63, 3.8) is 0 Å². The van der Waals surface area contributed by atoms with Crippen LogP contribution < -0.4 is 10.8 Å². The molecule has 1 aliphatic rings. The molecule has 3 N–H and O–H groups in total. The van der Waals surface area contributed by atoms with E-state index < -0.39 is 9.72 Å². The third-order valence-corrected chi connectivity index (χ3v) is 7.26. The summed E-state index contributed by atoms with van der Waals surface area (Å²) in [5.41, 5.74) is 2.72. The van der Waals surface area contributed by atoms with Crippen molar-refractivity contribution in [1.29, 1.82) is 0 Å². The summed E-state index contributed by atoms with van der Waals surface area (Å²) in [7, 11) is 0.986. The van der Waals surface area contributed by atoms with Gasteiger partial charge in [-0.25, -0.2) is 9.84 Å². The van der Waals surface area contributed by atoms with E-state index in [0.717, 1.165) is 31.6 Å². The number of amides is 2. The van der Waals surface area contributed by atoms with Gasteiger partial charge in [-0.05, 0) is 37.1 Å². The molecule has 2 amide bonds. The van der Waals surface area contributed by atoms with Gasteiger partial charge in [-0.3, -0.25) is 19.6 Å². The van der Waals surface area contributed by atoms with E-state index in [-0.39, 0.29) is 16.9 Å². The van der Waals surface area contributed by atoms with Gasteiger partial charge in [-0.1, -0.05) is 23.6 Å². The molecule has 2 rings (SSSR count). The van der Waals surface area contributed by atoms with Crippen LogP contribution in [0.5, 0.6) is 0 Å². The van der Waals surface area contributed by atoms with E-state index >= 15 is 0 Å². The van der Waals surface area contributed by atoms with Gasteiger partial charge in [0.1, 0.15) is 0 Å². The fourth-order valence-corrected chi connectivity index (χ4v) is 5.46. The van der Waals surface area contributed by atoms with E-state index in [1.165, 1.54) is 0 Å². The van der Waals surface area contributed by atoms with Gasteiger partial charge in [0.2, 0.25) is 11.0 Å². The predicted octanol–water partition coefficient (Wildman–Crippen LogP) is 2.48. The van der Waals surface area contributed by atoms with Crippen LogP contribution in [-0.2, 0) is 14.5 Å². The van der Waals surface area contributed by atoms with Gasteiger partial charge in [-0.2, -0.15) is 0 Å².